The lowest BCUT2D eigenvalue weighted by Gasteiger charge is -2.36. The Morgan fingerprint density at radius 1 is 1.39 bits per heavy atom. The van der Waals surface area contributed by atoms with E-state index in [1.165, 1.54) is 23.0 Å². The molecule has 0 bridgehead atoms. The predicted octanol–water partition coefficient (Wildman–Crippen LogP) is 5.87. The number of aromatic nitrogens is 2. The van der Waals surface area contributed by atoms with E-state index in [0.29, 0.717) is 34.6 Å². The second kappa shape index (κ2) is 9.12. The first-order chi connectivity index (χ1) is 15.8. The van der Waals surface area contributed by atoms with E-state index in [1.54, 1.807) is 24.0 Å². The summed E-state index contributed by atoms with van der Waals surface area (Å²) in [6.45, 7) is 3.86. The maximum absolute atomic E-state index is 13.5. The van der Waals surface area contributed by atoms with E-state index in [4.69, 9.17) is 23.2 Å². The summed E-state index contributed by atoms with van der Waals surface area (Å²) < 4.78 is 28.5. The van der Waals surface area contributed by atoms with Crippen molar-refractivity contribution in [1.29, 1.82) is 5.26 Å². The maximum Gasteiger partial charge on any atom is 0.264 e. The van der Waals surface area contributed by atoms with Crippen LogP contribution in [0.2, 0.25) is 10.0 Å². The van der Waals surface area contributed by atoms with Crippen molar-refractivity contribution >= 4 is 40.2 Å². The normalized spacial score (nSPS) is 16.2. The minimum Gasteiger partial charge on any atom is -0.335 e. The molecule has 4 rings (SSSR count). The fourth-order valence-electron chi connectivity index (χ4n) is 4.54. The van der Waals surface area contributed by atoms with Crippen LogP contribution < -0.4 is 0 Å². The highest BCUT2D eigenvalue weighted by Gasteiger charge is 2.31. The number of rotatable bonds is 4. The van der Waals surface area contributed by atoms with E-state index < -0.39 is 6.43 Å². The van der Waals surface area contributed by atoms with E-state index in [9.17, 15) is 18.8 Å². The average molecular weight is 489 g/mol. The molecule has 1 aromatic carbocycles. The van der Waals surface area contributed by atoms with Crippen LogP contribution in [-0.4, -0.2) is 33.4 Å². The highest BCUT2D eigenvalue weighted by Crippen LogP contribution is 2.37. The fraction of sp³-hybridized carbons (Fsp3) is 0.292. The first-order valence-corrected chi connectivity index (χ1v) is 11.1. The standard InChI is InChI=1S/C24H20Cl2F2N4O/c1-3-15(24(27)28)17-6-4-5-16-13(2)31(8-7-18(16)17)21(33)9-19-22(26)14(10-29)12-32-23(19)20(25)11-30-32/h3-6,11-13,24H,7-9H2,1-2H3/b15-3-/t13-/m0/s1. The van der Waals surface area contributed by atoms with Gasteiger partial charge in [-0.15, -0.1) is 0 Å². The number of hydrogen-bond acceptors (Lipinski definition) is 3. The van der Waals surface area contributed by atoms with Crippen LogP contribution in [0.15, 0.2) is 36.7 Å². The summed E-state index contributed by atoms with van der Waals surface area (Å²) >= 11 is 12.7. The summed E-state index contributed by atoms with van der Waals surface area (Å²) in [5.74, 6) is -0.199. The Bertz CT molecular complexity index is 1330. The number of nitriles is 1. The second-order valence-corrected chi connectivity index (χ2v) is 8.63. The number of alkyl halides is 2. The molecule has 0 fully saturated rings. The number of fused-ring (bicyclic) bond motifs is 2. The van der Waals surface area contributed by atoms with Gasteiger partial charge in [0.2, 0.25) is 5.91 Å². The lowest BCUT2D eigenvalue weighted by Crippen LogP contribution is -2.40. The van der Waals surface area contributed by atoms with Gasteiger partial charge < -0.3 is 4.90 Å². The van der Waals surface area contributed by atoms with Gasteiger partial charge in [0.15, 0.2) is 0 Å². The zero-order valence-electron chi connectivity index (χ0n) is 17.9. The second-order valence-electron chi connectivity index (χ2n) is 7.84. The first-order valence-electron chi connectivity index (χ1n) is 10.4. The Kier molecular flexibility index (Phi) is 6.42. The van der Waals surface area contributed by atoms with E-state index in [1.807, 2.05) is 19.1 Å². The highest BCUT2D eigenvalue weighted by atomic mass is 35.5. The van der Waals surface area contributed by atoms with Crippen LogP contribution in [0.3, 0.4) is 0 Å². The van der Waals surface area contributed by atoms with Crippen LogP contribution in [0.25, 0.3) is 11.1 Å². The van der Waals surface area contributed by atoms with Crippen molar-refractivity contribution in [3.05, 3.63) is 74.5 Å². The van der Waals surface area contributed by atoms with E-state index in [-0.39, 0.29) is 34.5 Å². The number of pyridine rings is 1. The Morgan fingerprint density at radius 2 is 2.15 bits per heavy atom. The molecule has 2 aromatic heterocycles. The number of hydrogen-bond donors (Lipinski definition) is 0. The number of benzene rings is 1. The Balaban J connectivity index is 1.69. The number of allylic oxidation sites excluding steroid dienone is 2. The summed E-state index contributed by atoms with van der Waals surface area (Å²) in [6.07, 6.45) is 2.16. The highest BCUT2D eigenvalue weighted by molar-refractivity contribution is 6.36. The van der Waals surface area contributed by atoms with E-state index in [0.717, 1.165) is 11.1 Å². The molecule has 33 heavy (non-hydrogen) atoms. The van der Waals surface area contributed by atoms with Crippen LogP contribution in [0, 0.1) is 11.3 Å². The number of carbonyl (C=O) groups is 1. The number of amides is 1. The average Bonchev–Trinajstić information content (AvgIpc) is 3.16. The predicted molar refractivity (Wildman–Crippen MR) is 124 cm³/mol. The van der Waals surface area contributed by atoms with Gasteiger partial charge in [-0.3, -0.25) is 4.79 Å². The molecule has 0 aliphatic carbocycles. The van der Waals surface area contributed by atoms with Gasteiger partial charge in [-0.1, -0.05) is 47.5 Å². The molecule has 1 aliphatic rings. The quantitative estimate of drug-likeness (QED) is 0.461. The lowest BCUT2D eigenvalue weighted by atomic mass is 9.86. The molecule has 3 heterocycles. The minimum absolute atomic E-state index is 0.00306. The van der Waals surface area contributed by atoms with Crippen molar-refractivity contribution in [1.82, 2.24) is 14.5 Å². The van der Waals surface area contributed by atoms with Crippen LogP contribution in [0.5, 0.6) is 0 Å². The molecule has 5 nitrogen and oxygen atoms in total. The van der Waals surface area contributed by atoms with Crippen LogP contribution in [0.4, 0.5) is 8.78 Å². The number of carbonyl (C=O) groups excluding carboxylic acids is 1. The molecule has 1 atom stereocenters. The van der Waals surface area contributed by atoms with E-state index >= 15 is 0 Å². The zero-order chi connectivity index (χ0) is 23.9. The van der Waals surface area contributed by atoms with Crippen molar-refractivity contribution in [2.45, 2.75) is 39.2 Å². The molecule has 9 heteroatoms. The van der Waals surface area contributed by atoms with Crippen LogP contribution in [0.1, 0.15) is 47.7 Å². The monoisotopic (exact) mass is 488 g/mol. The molecular weight excluding hydrogens is 469 g/mol. The van der Waals surface area contributed by atoms with Crippen LogP contribution in [-0.2, 0) is 17.6 Å². The van der Waals surface area contributed by atoms with Gasteiger partial charge in [0.25, 0.3) is 6.43 Å². The minimum atomic E-state index is -2.58. The molecule has 3 aromatic rings. The van der Waals surface area contributed by atoms with Gasteiger partial charge >= 0.3 is 0 Å². The van der Waals surface area contributed by atoms with Gasteiger partial charge in [-0.05, 0) is 37.0 Å². The molecule has 170 valence electrons. The fourth-order valence-corrected chi connectivity index (χ4v) is 5.03. The van der Waals surface area contributed by atoms with Crippen LogP contribution >= 0.6 is 23.2 Å². The lowest BCUT2D eigenvalue weighted by molar-refractivity contribution is -0.133. The molecule has 0 unspecified atom stereocenters. The third-order valence-electron chi connectivity index (χ3n) is 6.15. The number of halogens is 4. The third-order valence-corrected chi connectivity index (χ3v) is 6.86. The topological polar surface area (TPSA) is 61.4 Å². The third kappa shape index (κ3) is 3.98. The molecular formula is C24H20Cl2F2N4O. The summed E-state index contributed by atoms with van der Waals surface area (Å²) in [4.78, 5) is 15.1. The van der Waals surface area contributed by atoms with Gasteiger partial charge in [0.05, 0.1) is 39.8 Å². The van der Waals surface area contributed by atoms with Crippen molar-refractivity contribution in [2.24, 2.45) is 0 Å². The summed E-state index contributed by atoms with van der Waals surface area (Å²) in [7, 11) is 0. The Morgan fingerprint density at radius 3 is 2.82 bits per heavy atom. The largest absolute Gasteiger partial charge is 0.335 e. The molecule has 0 radical (unpaired) electrons. The summed E-state index contributed by atoms with van der Waals surface area (Å²) in [6, 6.07) is 7.02. The van der Waals surface area contributed by atoms with Crippen molar-refractivity contribution in [3.63, 3.8) is 0 Å². The van der Waals surface area contributed by atoms with Gasteiger partial charge in [0, 0.05) is 23.9 Å². The summed E-state index contributed by atoms with van der Waals surface area (Å²) in [5.41, 5.74) is 3.32. The van der Waals surface area contributed by atoms with E-state index in [2.05, 4.69) is 5.10 Å². The first kappa shape index (κ1) is 23.2. The summed E-state index contributed by atoms with van der Waals surface area (Å²) in [5, 5.41) is 14.0. The smallest absolute Gasteiger partial charge is 0.264 e. The van der Waals surface area contributed by atoms with Crippen molar-refractivity contribution in [3.8, 4) is 6.07 Å². The Labute approximate surface area is 199 Å². The molecule has 1 amide bonds. The van der Waals surface area contributed by atoms with Crippen molar-refractivity contribution in [2.75, 3.05) is 6.54 Å². The zero-order valence-corrected chi connectivity index (χ0v) is 19.5. The number of nitrogens with zero attached hydrogens (tertiary/aromatic N) is 4. The molecule has 0 N–H and O–H groups in total. The van der Waals surface area contributed by atoms with Gasteiger partial charge in [0.1, 0.15) is 6.07 Å². The molecule has 1 aliphatic heterocycles. The Hall–Kier alpha value is -2.95. The van der Waals surface area contributed by atoms with Crippen molar-refractivity contribution < 1.29 is 13.6 Å². The maximum atomic E-state index is 13.5. The molecule has 0 saturated heterocycles. The van der Waals surface area contributed by atoms with Gasteiger partial charge in [-0.2, -0.15) is 10.4 Å². The SMILES string of the molecule is C/C=C(/c1cccc2c1CCN(C(=O)Cc1c(Cl)c(C#N)cn3ncc(Cl)c13)[C@H]2C)C(F)F. The molecule has 0 spiro atoms. The molecule has 0 saturated carbocycles. The van der Waals surface area contributed by atoms with Gasteiger partial charge in [-0.25, -0.2) is 13.3 Å².